The van der Waals surface area contributed by atoms with Crippen LogP contribution in [0, 0.1) is 0 Å². The van der Waals surface area contributed by atoms with Crippen molar-refractivity contribution in [1.82, 2.24) is 19.8 Å². The summed E-state index contributed by atoms with van der Waals surface area (Å²) in [6.45, 7) is 0. The number of rotatable bonds is 2. The van der Waals surface area contributed by atoms with Crippen LogP contribution in [-0.2, 0) is 0 Å². The van der Waals surface area contributed by atoms with Gasteiger partial charge in [-0.15, -0.1) is 15.3 Å². The van der Waals surface area contributed by atoms with E-state index in [1.807, 2.05) is 0 Å². The molecule has 1 aromatic carbocycles. The first-order valence-electron chi connectivity index (χ1n) is 5.25. The SMILES string of the molecule is COc1ccc(-c2nnc3sc(Cl)nn3c2=O)cc1. The van der Waals surface area contributed by atoms with E-state index in [2.05, 4.69) is 15.3 Å². The van der Waals surface area contributed by atoms with Gasteiger partial charge >= 0.3 is 5.56 Å². The quantitative estimate of drug-likeness (QED) is 0.722. The van der Waals surface area contributed by atoms with E-state index in [0.717, 1.165) is 15.9 Å². The minimum atomic E-state index is -0.349. The Labute approximate surface area is 116 Å². The van der Waals surface area contributed by atoms with Gasteiger partial charge in [-0.1, -0.05) is 11.3 Å². The van der Waals surface area contributed by atoms with Crippen LogP contribution >= 0.6 is 22.9 Å². The van der Waals surface area contributed by atoms with Crippen molar-refractivity contribution in [2.45, 2.75) is 0 Å². The second kappa shape index (κ2) is 4.60. The van der Waals surface area contributed by atoms with Gasteiger partial charge in [0.15, 0.2) is 5.69 Å². The fourth-order valence-electron chi connectivity index (χ4n) is 1.62. The molecule has 0 fully saturated rings. The van der Waals surface area contributed by atoms with Crippen molar-refractivity contribution in [3.05, 3.63) is 39.1 Å². The van der Waals surface area contributed by atoms with Crippen molar-refractivity contribution in [2.24, 2.45) is 0 Å². The van der Waals surface area contributed by atoms with Crippen molar-refractivity contribution < 1.29 is 4.74 Å². The molecule has 96 valence electrons. The molecule has 3 aromatic rings. The number of methoxy groups -OCH3 is 1. The predicted octanol–water partition coefficient (Wildman–Crippen LogP) is 1.87. The monoisotopic (exact) mass is 294 g/mol. The van der Waals surface area contributed by atoms with Crippen LogP contribution in [0.5, 0.6) is 5.75 Å². The Hall–Kier alpha value is -1.99. The summed E-state index contributed by atoms with van der Waals surface area (Å²) < 4.78 is 6.46. The molecule has 0 aliphatic heterocycles. The number of aromatic nitrogens is 4. The molecule has 0 atom stereocenters. The first-order valence-corrected chi connectivity index (χ1v) is 6.45. The standard InChI is InChI=1S/C11H7ClN4O2S/c1-18-7-4-2-6(3-5-7)8-9(17)16-11(14-13-8)19-10(12)15-16/h2-5H,1H3. The molecule has 0 aliphatic carbocycles. The van der Waals surface area contributed by atoms with Crippen LogP contribution in [0.25, 0.3) is 16.2 Å². The fraction of sp³-hybridized carbons (Fsp3) is 0.0909. The number of nitrogens with zero attached hydrogens (tertiary/aromatic N) is 4. The van der Waals surface area contributed by atoms with E-state index in [1.165, 1.54) is 0 Å². The number of ether oxygens (including phenoxy) is 1. The highest BCUT2D eigenvalue weighted by molar-refractivity contribution is 7.20. The van der Waals surface area contributed by atoms with Gasteiger partial charge in [-0.2, -0.15) is 4.52 Å². The summed E-state index contributed by atoms with van der Waals surface area (Å²) >= 11 is 6.86. The summed E-state index contributed by atoms with van der Waals surface area (Å²) in [4.78, 5) is 12.6. The first kappa shape index (κ1) is 12.1. The van der Waals surface area contributed by atoms with Crippen molar-refractivity contribution in [3.8, 4) is 17.0 Å². The topological polar surface area (TPSA) is 69.4 Å². The van der Waals surface area contributed by atoms with E-state index in [9.17, 15) is 4.79 Å². The van der Waals surface area contributed by atoms with Crippen LogP contribution in [-0.4, -0.2) is 26.9 Å². The lowest BCUT2D eigenvalue weighted by Crippen LogP contribution is -2.18. The van der Waals surface area contributed by atoms with E-state index in [4.69, 9.17) is 16.3 Å². The van der Waals surface area contributed by atoms with Crippen molar-refractivity contribution >= 4 is 27.9 Å². The molecule has 19 heavy (non-hydrogen) atoms. The maximum absolute atomic E-state index is 12.2. The maximum atomic E-state index is 12.2. The molecule has 0 amide bonds. The molecule has 0 aliphatic rings. The third-order valence-corrected chi connectivity index (χ3v) is 3.52. The van der Waals surface area contributed by atoms with Gasteiger partial charge in [0, 0.05) is 5.56 Å². The molecule has 8 heteroatoms. The lowest BCUT2D eigenvalue weighted by molar-refractivity contribution is 0.415. The van der Waals surface area contributed by atoms with Gasteiger partial charge in [0.25, 0.3) is 0 Å². The number of fused-ring (bicyclic) bond motifs is 1. The summed E-state index contributed by atoms with van der Waals surface area (Å²) in [5.74, 6) is 0.703. The van der Waals surface area contributed by atoms with Gasteiger partial charge in [-0.05, 0) is 35.9 Å². The molecule has 6 nitrogen and oxygen atoms in total. The number of halogens is 1. The van der Waals surface area contributed by atoms with Gasteiger partial charge < -0.3 is 4.74 Å². The summed E-state index contributed by atoms with van der Waals surface area (Å²) in [6.07, 6.45) is 0. The van der Waals surface area contributed by atoms with Gasteiger partial charge in [0.2, 0.25) is 9.43 Å². The molecule has 0 N–H and O–H groups in total. The van der Waals surface area contributed by atoms with Gasteiger partial charge in [-0.3, -0.25) is 4.79 Å². The molecule has 3 rings (SSSR count). The van der Waals surface area contributed by atoms with Crippen LogP contribution in [0.15, 0.2) is 29.1 Å². The Morgan fingerprint density at radius 3 is 2.68 bits per heavy atom. The number of hydrogen-bond acceptors (Lipinski definition) is 6. The zero-order chi connectivity index (χ0) is 13.4. The Balaban J connectivity index is 2.18. The second-order valence-electron chi connectivity index (χ2n) is 3.63. The van der Waals surface area contributed by atoms with E-state index in [1.54, 1.807) is 31.4 Å². The van der Waals surface area contributed by atoms with Crippen LogP contribution in [0.1, 0.15) is 0 Å². The minimum absolute atomic E-state index is 0.224. The molecule has 0 spiro atoms. The van der Waals surface area contributed by atoms with Gasteiger partial charge in [0.05, 0.1) is 7.11 Å². The van der Waals surface area contributed by atoms with Crippen molar-refractivity contribution in [2.75, 3.05) is 7.11 Å². The van der Waals surface area contributed by atoms with E-state index in [0.29, 0.717) is 16.3 Å². The summed E-state index contributed by atoms with van der Waals surface area (Å²) in [7, 11) is 1.58. The summed E-state index contributed by atoms with van der Waals surface area (Å²) in [5.41, 5.74) is 0.525. The largest absolute Gasteiger partial charge is 0.497 e. The van der Waals surface area contributed by atoms with E-state index in [-0.39, 0.29) is 15.7 Å². The Kier molecular flexibility index (Phi) is 2.92. The fourth-order valence-corrected chi connectivity index (χ4v) is 2.47. The number of benzene rings is 1. The third-order valence-electron chi connectivity index (χ3n) is 2.53. The Bertz CT molecular complexity index is 797. The predicted molar refractivity (Wildman–Crippen MR) is 71.9 cm³/mol. The highest BCUT2D eigenvalue weighted by atomic mass is 35.5. The van der Waals surface area contributed by atoms with Gasteiger partial charge in [-0.25, -0.2) is 0 Å². The zero-order valence-electron chi connectivity index (χ0n) is 9.70. The molecule has 0 unspecified atom stereocenters. The van der Waals surface area contributed by atoms with Crippen LogP contribution in [0.2, 0.25) is 4.47 Å². The molecule has 0 saturated carbocycles. The molecular formula is C11H7ClN4O2S. The normalized spacial score (nSPS) is 10.8. The zero-order valence-corrected chi connectivity index (χ0v) is 11.3. The molecule has 0 saturated heterocycles. The molecule has 2 aromatic heterocycles. The summed E-state index contributed by atoms with van der Waals surface area (Å²) in [5, 5.41) is 11.8. The molecule has 0 radical (unpaired) electrons. The third kappa shape index (κ3) is 2.06. The van der Waals surface area contributed by atoms with Crippen LogP contribution < -0.4 is 10.3 Å². The lowest BCUT2D eigenvalue weighted by atomic mass is 10.1. The Morgan fingerprint density at radius 2 is 2.00 bits per heavy atom. The smallest absolute Gasteiger partial charge is 0.302 e. The van der Waals surface area contributed by atoms with Crippen LogP contribution in [0.4, 0.5) is 0 Å². The maximum Gasteiger partial charge on any atom is 0.302 e. The summed E-state index contributed by atoms with van der Waals surface area (Å²) in [6, 6.07) is 6.98. The molecular weight excluding hydrogens is 288 g/mol. The molecule has 2 heterocycles. The first-order chi connectivity index (χ1) is 9.19. The number of hydrogen-bond donors (Lipinski definition) is 0. The second-order valence-corrected chi connectivity index (χ2v) is 5.17. The molecule has 0 bridgehead atoms. The van der Waals surface area contributed by atoms with Gasteiger partial charge in [0.1, 0.15) is 5.75 Å². The van der Waals surface area contributed by atoms with E-state index < -0.39 is 0 Å². The highest BCUT2D eigenvalue weighted by Gasteiger charge is 2.12. The minimum Gasteiger partial charge on any atom is -0.497 e. The van der Waals surface area contributed by atoms with Crippen molar-refractivity contribution in [3.63, 3.8) is 0 Å². The van der Waals surface area contributed by atoms with Crippen LogP contribution in [0.3, 0.4) is 0 Å². The van der Waals surface area contributed by atoms with E-state index >= 15 is 0 Å². The van der Waals surface area contributed by atoms with Crippen molar-refractivity contribution in [1.29, 1.82) is 0 Å². The average Bonchev–Trinajstić information content (AvgIpc) is 2.81. The lowest BCUT2D eigenvalue weighted by Gasteiger charge is -2.01. The Morgan fingerprint density at radius 1 is 1.26 bits per heavy atom. The highest BCUT2D eigenvalue weighted by Crippen LogP contribution is 2.19. The average molecular weight is 295 g/mol.